The summed E-state index contributed by atoms with van der Waals surface area (Å²) in [6, 6.07) is 7.87. The Kier molecular flexibility index (Phi) is 4.42. The Morgan fingerprint density at radius 1 is 1.18 bits per heavy atom. The minimum atomic E-state index is -3.23. The number of aromatic nitrogens is 1. The van der Waals surface area contributed by atoms with Crippen molar-refractivity contribution in [2.45, 2.75) is 18.7 Å². The SMILES string of the molecule is Cc1cc(C(=O)COc2ccc(S(C)(=O)=O)cc2)c(C)n1C. The highest BCUT2D eigenvalue weighted by atomic mass is 32.2. The fourth-order valence-electron chi connectivity index (χ4n) is 2.15. The molecule has 1 heterocycles. The van der Waals surface area contributed by atoms with Gasteiger partial charge in [-0.15, -0.1) is 0 Å². The van der Waals surface area contributed by atoms with E-state index in [1.165, 1.54) is 12.1 Å². The van der Waals surface area contributed by atoms with Gasteiger partial charge in [-0.3, -0.25) is 4.79 Å². The van der Waals surface area contributed by atoms with Gasteiger partial charge in [-0.2, -0.15) is 0 Å². The highest BCUT2D eigenvalue weighted by Crippen LogP contribution is 2.17. The molecule has 22 heavy (non-hydrogen) atoms. The zero-order valence-electron chi connectivity index (χ0n) is 13.1. The van der Waals surface area contributed by atoms with E-state index in [2.05, 4.69) is 0 Å². The van der Waals surface area contributed by atoms with Crippen molar-refractivity contribution in [2.24, 2.45) is 7.05 Å². The van der Waals surface area contributed by atoms with E-state index in [9.17, 15) is 13.2 Å². The van der Waals surface area contributed by atoms with E-state index in [4.69, 9.17) is 4.74 Å². The normalized spacial score (nSPS) is 11.5. The van der Waals surface area contributed by atoms with Crippen LogP contribution >= 0.6 is 0 Å². The van der Waals surface area contributed by atoms with Crippen molar-refractivity contribution in [3.63, 3.8) is 0 Å². The third-order valence-corrected chi connectivity index (χ3v) is 4.83. The number of hydrogen-bond acceptors (Lipinski definition) is 4. The minimum absolute atomic E-state index is 0.0808. The number of aryl methyl sites for hydroxylation is 1. The van der Waals surface area contributed by atoms with Crippen LogP contribution in [0.1, 0.15) is 21.7 Å². The van der Waals surface area contributed by atoms with Crippen molar-refractivity contribution in [2.75, 3.05) is 12.9 Å². The molecule has 2 rings (SSSR count). The second kappa shape index (κ2) is 5.96. The summed E-state index contributed by atoms with van der Waals surface area (Å²) in [7, 11) is -1.32. The summed E-state index contributed by atoms with van der Waals surface area (Å²) in [5.74, 6) is 0.361. The number of carbonyl (C=O) groups is 1. The third kappa shape index (κ3) is 3.39. The number of rotatable bonds is 5. The van der Waals surface area contributed by atoms with E-state index in [1.807, 2.05) is 31.5 Å². The van der Waals surface area contributed by atoms with Crippen LogP contribution in [0.25, 0.3) is 0 Å². The average Bonchev–Trinajstić information content (AvgIpc) is 2.72. The standard InChI is InChI=1S/C16H19NO4S/c1-11-9-15(12(2)17(11)3)16(18)10-21-13-5-7-14(8-6-13)22(4,19)20/h5-9H,10H2,1-4H3. The molecule has 1 aromatic heterocycles. The molecule has 0 radical (unpaired) electrons. The summed E-state index contributed by atoms with van der Waals surface area (Å²) in [5.41, 5.74) is 2.56. The van der Waals surface area contributed by atoms with Gasteiger partial charge in [0, 0.05) is 30.3 Å². The molecule has 0 unspecified atom stereocenters. The maximum absolute atomic E-state index is 12.2. The molecule has 0 fully saturated rings. The van der Waals surface area contributed by atoms with E-state index in [-0.39, 0.29) is 17.3 Å². The highest BCUT2D eigenvalue weighted by molar-refractivity contribution is 7.90. The number of Topliss-reactive ketones (excluding diaryl/α,β-unsaturated/α-hetero) is 1. The number of hydrogen-bond donors (Lipinski definition) is 0. The summed E-state index contributed by atoms with van der Waals surface area (Å²) in [5, 5.41) is 0. The summed E-state index contributed by atoms with van der Waals surface area (Å²) in [4.78, 5) is 12.4. The largest absolute Gasteiger partial charge is 0.485 e. The van der Waals surface area contributed by atoms with Gasteiger partial charge in [-0.25, -0.2) is 8.42 Å². The fourth-order valence-corrected chi connectivity index (χ4v) is 2.78. The lowest BCUT2D eigenvalue weighted by Crippen LogP contribution is -2.12. The molecule has 2 aromatic rings. The molecule has 0 atom stereocenters. The Hall–Kier alpha value is -2.08. The zero-order chi connectivity index (χ0) is 16.5. The molecule has 0 amide bonds. The molecule has 0 aliphatic heterocycles. The number of benzene rings is 1. The number of sulfone groups is 1. The first-order valence-electron chi connectivity index (χ1n) is 6.79. The van der Waals surface area contributed by atoms with Crippen molar-refractivity contribution < 1.29 is 17.9 Å². The van der Waals surface area contributed by atoms with Crippen molar-refractivity contribution in [1.82, 2.24) is 4.57 Å². The van der Waals surface area contributed by atoms with Gasteiger partial charge in [0.15, 0.2) is 16.4 Å². The van der Waals surface area contributed by atoms with Crippen LogP contribution in [0.5, 0.6) is 5.75 Å². The van der Waals surface area contributed by atoms with E-state index < -0.39 is 9.84 Å². The van der Waals surface area contributed by atoms with Crippen molar-refractivity contribution in [3.05, 3.63) is 47.3 Å². The summed E-state index contributed by atoms with van der Waals surface area (Å²) < 4.78 is 30.1. The monoisotopic (exact) mass is 321 g/mol. The second-order valence-corrected chi connectivity index (χ2v) is 7.31. The maximum atomic E-state index is 12.2. The number of ether oxygens (including phenoxy) is 1. The van der Waals surface area contributed by atoms with Gasteiger partial charge in [0.05, 0.1) is 4.90 Å². The van der Waals surface area contributed by atoms with Gasteiger partial charge in [-0.05, 0) is 44.2 Å². The lowest BCUT2D eigenvalue weighted by Gasteiger charge is -2.06. The Labute approximate surface area is 130 Å². The van der Waals surface area contributed by atoms with Crippen LogP contribution in [0.3, 0.4) is 0 Å². The van der Waals surface area contributed by atoms with Crippen LogP contribution in [0.4, 0.5) is 0 Å². The highest BCUT2D eigenvalue weighted by Gasteiger charge is 2.14. The zero-order valence-corrected chi connectivity index (χ0v) is 13.9. The van der Waals surface area contributed by atoms with Crippen molar-refractivity contribution >= 4 is 15.6 Å². The predicted octanol–water partition coefficient (Wildman–Crippen LogP) is 2.31. The van der Waals surface area contributed by atoms with Crippen LogP contribution in [0.2, 0.25) is 0 Å². The summed E-state index contributed by atoms with van der Waals surface area (Å²) in [6.07, 6.45) is 1.15. The van der Waals surface area contributed by atoms with Gasteiger partial charge in [0.1, 0.15) is 5.75 Å². The van der Waals surface area contributed by atoms with Crippen LogP contribution in [-0.4, -0.2) is 31.6 Å². The second-order valence-electron chi connectivity index (χ2n) is 5.30. The first kappa shape index (κ1) is 16.3. The molecule has 0 aliphatic carbocycles. The van der Waals surface area contributed by atoms with Crippen LogP contribution in [-0.2, 0) is 16.9 Å². The summed E-state index contributed by atoms with van der Waals surface area (Å²) >= 11 is 0. The Morgan fingerprint density at radius 2 is 1.77 bits per heavy atom. The minimum Gasteiger partial charge on any atom is -0.485 e. The van der Waals surface area contributed by atoms with Crippen molar-refractivity contribution in [1.29, 1.82) is 0 Å². The molecule has 0 saturated heterocycles. The van der Waals surface area contributed by atoms with Gasteiger partial charge in [0.2, 0.25) is 5.78 Å². The smallest absolute Gasteiger partial charge is 0.202 e. The Balaban J connectivity index is 2.07. The number of ketones is 1. The van der Waals surface area contributed by atoms with Crippen LogP contribution < -0.4 is 4.74 Å². The maximum Gasteiger partial charge on any atom is 0.202 e. The average molecular weight is 321 g/mol. The lowest BCUT2D eigenvalue weighted by atomic mass is 10.1. The molecule has 1 aromatic carbocycles. The Bertz CT molecular complexity index is 801. The predicted molar refractivity (Wildman–Crippen MR) is 84.3 cm³/mol. The molecule has 6 heteroatoms. The Morgan fingerprint density at radius 3 is 2.23 bits per heavy atom. The van der Waals surface area contributed by atoms with E-state index in [0.717, 1.165) is 17.6 Å². The number of nitrogens with zero attached hydrogens (tertiary/aromatic N) is 1. The molecular formula is C16H19NO4S. The molecular weight excluding hydrogens is 302 g/mol. The van der Waals surface area contributed by atoms with Gasteiger partial charge in [-0.1, -0.05) is 0 Å². The van der Waals surface area contributed by atoms with E-state index in [0.29, 0.717) is 11.3 Å². The molecule has 0 spiro atoms. The van der Waals surface area contributed by atoms with E-state index >= 15 is 0 Å². The molecule has 0 aliphatic rings. The molecule has 0 bridgehead atoms. The summed E-state index contributed by atoms with van der Waals surface area (Å²) in [6.45, 7) is 3.75. The molecule has 118 valence electrons. The van der Waals surface area contributed by atoms with Gasteiger partial charge in [0.25, 0.3) is 0 Å². The van der Waals surface area contributed by atoms with Crippen molar-refractivity contribution in [3.8, 4) is 5.75 Å². The topological polar surface area (TPSA) is 65.4 Å². The van der Waals surface area contributed by atoms with Crippen LogP contribution in [0.15, 0.2) is 35.2 Å². The van der Waals surface area contributed by atoms with E-state index in [1.54, 1.807) is 12.1 Å². The van der Waals surface area contributed by atoms with Gasteiger partial charge >= 0.3 is 0 Å². The first-order valence-corrected chi connectivity index (χ1v) is 8.68. The molecule has 0 N–H and O–H groups in total. The first-order chi connectivity index (χ1) is 10.2. The molecule has 5 nitrogen and oxygen atoms in total. The third-order valence-electron chi connectivity index (χ3n) is 3.70. The molecule has 0 saturated carbocycles. The fraction of sp³-hybridized carbons (Fsp3) is 0.312. The van der Waals surface area contributed by atoms with Gasteiger partial charge < -0.3 is 9.30 Å². The van der Waals surface area contributed by atoms with Crippen LogP contribution in [0, 0.1) is 13.8 Å². The number of carbonyl (C=O) groups excluding carboxylic acids is 1. The quantitative estimate of drug-likeness (QED) is 0.793. The lowest BCUT2D eigenvalue weighted by molar-refractivity contribution is 0.0920.